The van der Waals surface area contributed by atoms with E-state index in [1.807, 2.05) is 0 Å². The number of nitrogens with zero attached hydrogens (tertiary/aromatic N) is 1. The van der Waals surface area contributed by atoms with Crippen LogP contribution < -0.4 is 5.32 Å². The van der Waals surface area contributed by atoms with E-state index in [2.05, 4.69) is 46.4 Å². The van der Waals surface area contributed by atoms with Gasteiger partial charge >= 0.3 is 0 Å². The third-order valence-corrected chi connectivity index (χ3v) is 4.37. The molecule has 19 heavy (non-hydrogen) atoms. The predicted molar refractivity (Wildman–Crippen MR) is 81.4 cm³/mol. The summed E-state index contributed by atoms with van der Waals surface area (Å²) in [6.07, 6.45) is 9.39. The number of para-hydroxylation sites is 1. The summed E-state index contributed by atoms with van der Waals surface area (Å²) in [6.45, 7) is 3.36. The first-order valence-corrected chi connectivity index (χ1v) is 7.68. The number of fused-ring (bicyclic) bond motifs is 1. The summed E-state index contributed by atoms with van der Waals surface area (Å²) < 4.78 is 2.35. The Bertz CT molecular complexity index is 509. The summed E-state index contributed by atoms with van der Waals surface area (Å²) in [5.41, 5.74) is 1.35. The van der Waals surface area contributed by atoms with Crippen LogP contribution in [0.3, 0.4) is 0 Å². The summed E-state index contributed by atoms with van der Waals surface area (Å²) in [5.74, 6) is 0.926. The summed E-state index contributed by atoms with van der Waals surface area (Å²) in [7, 11) is 0. The molecule has 1 aromatic carbocycles. The van der Waals surface area contributed by atoms with Crippen molar-refractivity contribution in [1.82, 2.24) is 9.88 Å². The lowest BCUT2D eigenvalue weighted by atomic mass is 9.89. The zero-order chi connectivity index (χ0) is 12.9. The fraction of sp³-hybridized carbons (Fsp3) is 0.529. The Morgan fingerprint density at radius 3 is 2.79 bits per heavy atom. The quantitative estimate of drug-likeness (QED) is 0.805. The van der Waals surface area contributed by atoms with Crippen molar-refractivity contribution in [1.29, 1.82) is 0 Å². The highest BCUT2D eigenvalue weighted by Gasteiger charge is 2.12. The maximum absolute atomic E-state index is 3.64. The topological polar surface area (TPSA) is 17.0 Å². The molecule has 0 atom stereocenters. The lowest BCUT2D eigenvalue weighted by Gasteiger charge is -2.21. The highest BCUT2D eigenvalue weighted by Crippen LogP contribution is 2.22. The lowest BCUT2D eigenvalue weighted by Crippen LogP contribution is -2.27. The average Bonchev–Trinajstić information content (AvgIpc) is 2.88. The van der Waals surface area contributed by atoms with Gasteiger partial charge in [-0.15, -0.1) is 0 Å². The van der Waals surface area contributed by atoms with Crippen LogP contribution >= 0.6 is 0 Å². The molecule has 0 unspecified atom stereocenters. The molecule has 1 aliphatic rings. The van der Waals surface area contributed by atoms with E-state index in [1.54, 1.807) is 0 Å². The van der Waals surface area contributed by atoms with Gasteiger partial charge in [-0.25, -0.2) is 0 Å². The van der Waals surface area contributed by atoms with Crippen molar-refractivity contribution < 1.29 is 0 Å². The largest absolute Gasteiger partial charge is 0.346 e. The summed E-state index contributed by atoms with van der Waals surface area (Å²) >= 11 is 0. The normalized spacial score (nSPS) is 17.1. The van der Waals surface area contributed by atoms with Crippen molar-refractivity contribution in [2.75, 3.05) is 13.1 Å². The minimum Gasteiger partial charge on any atom is -0.346 e. The first-order valence-electron chi connectivity index (χ1n) is 7.68. The number of aromatic nitrogens is 1. The SMILES string of the molecule is c1ccc2c(c1)ccn2CCNCC1CCCCC1. The second kappa shape index (κ2) is 6.25. The molecule has 1 heterocycles. The van der Waals surface area contributed by atoms with E-state index in [4.69, 9.17) is 0 Å². The third kappa shape index (κ3) is 3.19. The Morgan fingerprint density at radius 1 is 1.05 bits per heavy atom. The van der Waals surface area contributed by atoms with E-state index in [9.17, 15) is 0 Å². The van der Waals surface area contributed by atoms with Crippen LogP contribution in [-0.2, 0) is 6.54 Å². The molecule has 1 N–H and O–H groups in total. The van der Waals surface area contributed by atoms with Gasteiger partial charge in [-0.3, -0.25) is 0 Å². The smallest absolute Gasteiger partial charge is 0.0480 e. The molecule has 0 spiro atoms. The zero-order valence-electron chi connectivity index (χ0n) is 11.6. The Morgan fingerprint density at radius 2 is 1.89 bits per heavy atom. The number of nitrogens with one attached hydrogen (secondary N) is 1. The molecule has 0 amide bonds. The minimum absolute atomic E-state index is 0.926. The molecule has 1 aliphatic carbocycles. The molecule has 2 heteroatoms. The van der Waals surface area contributed by atoms with Crippen LogP contribution in [0.4, 0.5) is 0 Å². The number of hydrogen-bond donors (Lipinski definition) is 1. The van der Waals surface area contributed by atoms with Gasteiger partial charge in [-0.1, -0.05) is 37.5 Å². The van der Waals surface area contributed by atoms with Crippen molar-refractivity contribution in [2.24, 2.45) is 5.92 Å². The van der Waals surface area contributed by atoms with Crippen LogP contribution in [0, 0.1) is 5.92 Å². The first-order chi connectivity index (χ1) is 9.43. The number of hydrogen-bond acceptors (Lipinski definition) is 1. The molecule has 0 bridgehead atoms. The van der Waals surface area contributed by atoms with Crippen LogP contribution in [-0.4, -0.2) is 17.7 Å². The second-order valence-corrected chi connectivity index (χ2v) is 5.78. The predicted octanol–water partition coefficient (Wildman–Crippen LogP) is 3.81. The van der Waals surface area contributed by atoms with Gasteiger partial charge in [0.1, 0.15) is 0 Å². The minimum atomic E-state index is 0.926. The highest BCUT2D eigenvalue weighted by atomic mass is 15.0. The second-order valence-electron chi connectivity index (χ2n) is 5.78. The molecule has 1 fully saturated rings. The molecule has 2 aromatic rings. The van der Waals surface area contributed by atoms with Crippen LogP contribution in [0.5, 0.6) is 0 Å². The van der Waals surface area contributed by atoms with Crippen molar-refractivity contribution in [2.45, 2.75) is 38.6 Å². The zero-order valence-corrected chi connectivity index (χ0v) is 11.6. The van der Waals surface area contributed by atoms with Crippen LogP contribution in [0.1, 0.15) is 32.1 Å². The number of benzene rings is 1. The molecule has 3 rings (SSSR count). The van der Waals surface area contributed by atoms with Crippen molar-refractivity contribution in [3.05, 3.63) is 36.5 Å². The molecule has 0 aliphatic heterocycles. The van der Waals surface area contributed by atoms with Crippen molar-refractivity contribution >= 4 is 10.9 Å². The van der Waals surface area contributed by atoms with Gasteiger partial charge in [0.25, 0.3) is 0 Å². The van der Waals surface area contributed by atoms with Gasteiger partial charge in [-0.2, -0.15) is 0 Å². The van der Waals surface area contributed by atoms with E-state index >= 15 is 0 Å². The molecular formula is C17H24N2. The van der Waals surface area contributed by atoms with Gasteiger partial charge in [0.05, 0.1) is 0 Å². The fourth-order valence-electron chi connectivity index (χ4n) is 3.23. The summed E-state index contributed by atoms with van der Waals surface area (Å²) in [5, 5.41) is 4.98. The van der Waals surface area contributed by atoms with E-state index < -0.39 is 0 Å². The van der Waals surface area contributed by atoms with Gasteiger partial charge in [0.2, 0.25) is 0 Å². The molecular weight excluding hydrogens is 232 g/mol. The molecule has 1 saturated carbocycles. The van der Waals surface area contributed by atoms with E-state index in [-0.39, 0.29) is 0 Å². The summed E-state index contributed by atoms with van der Waals surface area (Å²) in [6, 6.07) is 10.8. The molecule has 0 saturated heterocycles. The van der Waals surface area contributed by atoms with Gasteiger partial charge in [0.15, 0.2) is 0 Å². The maximum atomic E-state index is 3.64. The lowest BCUT2D eigenvalue weighted by molar-refractivity contribution is 0.341. The Labute approximate surface area is 115 Å². The van der Waals surface area contributed by atoms with E-state index in [0.717, 1.165) is 19.0 Å². The van der Waals surface area contributed by atoms with Crippen LogP contribution in [0.2, 0.25) is 0 Å². The fourth-order valence-corrected chi connectivity index (χ4v) is 3.23. The van der Waals surface area contributed by atoms with E-state index in [1.165, 1.54) is 49.6 Å². The van der Waals surface area contributed by atoms with Crippen molar-refractivity contribution in [3.63, 3.8) is 0 Å². The average molecular weight is 256 g/mol. The highest BCUT2D eigenvalue weighted by molar-refractivity contribution is 5.79. The Hall–Kier alpha value is -1.28. The van der Waals surface area contributed by atoms with Crippen molar-refractivity contribution in [3.8, 4) is 0 Å². The Balaban J connectivity index is 1.47. The monoisotopic (exact) mass is 256 g/mol. The van der Waals surface area contributed by atoms with Gasteiger partial charge in [-0.05, 0) is 42.8 Å². The van der Waals surface area contributed by atoms with E-state index in [0.29, 0.717) is 0 Å². The number of rotatable bonds is 5. The Kier molecular flexibility index (Phi) is 4.19. The van der Waals surface area contributed by atoms with Crippen LogP contribution in [0.15, 0.2) is 36.5 Å². The standard InChI is InChI=1S/C17H24N2/c1-2-6-15(7-3-1)14-18-11-13-19-12-10-16-8-4-5-9-17(16)19/h4-5,8-10,12,15,18H,1-3,6-7,11,13-14H2. The molecule has 1 aromatic heterocycles. The summed E-state index contributed by atoms with van der Waals surface area (Å²) in [4.78, 5) is 0. The third-order valence-electron chi connectivity index (χ3n) is 4.37. The molecule has 2 nitrogen and oxygen atoms in total. The van der Waals surface area contributed by atoms with Gasteiger partial charge < -0.3 is 9.88 Å². The maximum Gasteiger partial charge on any atom is 0.0480 e. The van der Waals surface area contributed by atoms with Gasteiger partial charge in [0, 0.05) is 24.8 Å². The molecule has 0 radical (unpaired) electrons. The van der Waals surface area contributed by atoms with Crippen LogP contribution in [0.25, 0.3) is 10.9 Å². The first kappa shape index (κ1) is 12.7. The molecule has 102 valence electrons.